The van der Waals surface area contributed by atoms with Crippen LogP contribution in [0.15, 0.2) is 29.2 Å². The van der Waals surface area contributed by atoms with E-state index in [0.29, 0.717) is 6.10 Å². The molecule has 1 fully saturated rings. The summed E-state index contributed by atoms with van der Waals surface area (Å²) < 4.78 is 5.59. The minimum atomic E-state index is 0.497. The van der Waals surface area contributed by atoms with Crippen LogP contribution in [-0.2, 0) is 4.74 Å². The highest BCUT2D eigenvalue weighted by molar-refractivity contribution is 7.99. The first kappa shape index (κ1) is 12.7. The van der Waals surface area contributed by atoms with Crippen molar-refractivity contribution in [3.05, 3.63) is 29.8 Å². The molecule has 0 N–H and O–H groups in total. The van der Waals surface area contributed by atoms with E-state index in [4.69, 9.17) is 4.74 Å². The van der Waals surface area contributed by atoms with Crippen LogP contribution in [0.25, 0.3) is 0 Å². The van der Waals surface area contributed by atoms with Gasteiger partial charge >= 0.3 is 0 Å². The van der Waals surface area contributed by atoms with Crippen molar-refractivity contribution in [1.82, 2.24) is 0 Å². The van der Waals surface area contributed by atoms with E-state index in [-0.39, 0.29) is 0 Å². The molecule has 92 valence electrons. The number of hydrogen-bond acceptors (Lipinski definition) is 3. The summed E-state index contributed by atoms with van der Waals surface area (Å²) in [6.07, 6.45) is 6.19. The molecular weight excluding hydrogens is 232 g/mol. The predicted octanol–water partition coefficient (Wildman–Crippen LogP) is 3.55. The number of carbonyl (C=O) groups is 1. The average Bonchev–Trinajstić information content (AvgIpc) is 2.88. The smallest absolute Gasteiger partial charge is 0.150 e. The SMILES string of the molecule is O=Cc1cccc(SCCCC2CCCO2)c1. The number of thioether (sulfide) groups is 1. The van der Waals surface area contributed by atoms with Gasteiger partial charge in [-0.2, -0.15) is 0 Å². The highest BCUT2D eigenvalue weighted by Gasteiger charge is 2.14. The molecule has 0 aliphatic carbocycles. The lowest BCUT2D eigenvalue weighted by molar-refractivity contribution is 0.104. The molecule has 1 unspecified atom stereocenters. The number of hydrogen-bond donors (Lipinski definition) is 0. The fourth-order valence-electron chi connectivity index (χ4n) is 2.05. The molecule has 1 saturated heterocycles. The molecule has 0 radical (unpaired) electrons. The summed E-state index contributed by atoms with van der Waals surface area (Å²) >= 11 is 1.82. The standard InChI is InChI=1S/C14H18O2S/c15-11-12-4-1-7-14(10-12)17-9-3-6-13-5-2-8-16-13/h1,4,7,10-11,13H,2-3,5-6,8-9H2. The zero-order valence-corrected chi connectivity index (χ0v) is 10.7. The van der Waals surface area contributed by atoms with Crippen LogP contribution in [0.5, 0.6) is 0 Å². The molecule has 1 aromatic carbocycles. The van der Waals surface area contributed by atoms with Gasteiger partial charge in [0.05, 0.1) is 6.10 Å². The van der Waals surface area contributed by atoms with E-state index in [2.05, 4.69) is 6.07 Å². The van der Waals surface area contributed by atoms with Crippen molar-refractivity contribution < 1.29 is 9.53 Å². The zero-order chi connectivity index (χ0) is 11.9. The van der Waals surface area contributed by atoms with Crippen molar-refractivity contribution >= 4 is 18.0 Å². The maximum atomic E-state index is 10.6. The largest absolute Gasteiger partial charge is 0.378 e. The average molecular weight is 250 g/mol. The number of ether oxygens (including phenoxy) is 1. The highest BCUT2D eigenvalue weighted by Crippen LogP contribution is 2.22. The van der Waals surface area contributed by atoms with Crippen LogP contribution in [0.4, 0.5) is 0 Å². The monoisotopic (exact) mass is 250 g/mol. The number of benzene rings is 1. The molecule has 1 aliphatic rings. The van der Waals surface area contributed by atoms with Gasteiger partial charge in [-0.1, -0.05) is 12.1 Å². The van der Waals surface area contributed by atoms with Crippen LogP contribution in [0.3, 0.4) is 0 Å². The molecule has 1 aromatic rings. The Morgan fingerprint density at radius 1 is 1.47 bits per heavy atom. The van der Waals surface area contributed by atoms with Crippen molar-refractivity contribution in [2.75, 3.05) is 12.4 Å². The van der Waals surface area contributed by atoms with Crippen LogP contribution >= 0.6 is 11.8 Å². The number of rotatable bonds is 6. The van der Waals surface area contributed by atoms with Gasteiger partial charge in [0.2, 0.25) is 0 Å². The molecule has 1 heterocycles. The van der Waals surface area contributed by atoms with Crippen LogP contribution in [0.2, 0.25) is 0 Å². The lowest BCUT2D eigenvalue weighted by atomic mass is 10.1. The summed E-state index contributed by atoms with van der Waals surface area (Å²) in [7, 11) is 0. The Morgan fingerprint density at radius 3 is 3.18 bits per heavy atom. The van der Waals surface area contributed by atoms with Gasteiger partial charge in [-0.05, 0) is 43.6 Å². The topological polar surface area (TPSA) is 26.3 Å². The molecule has 17 heavy (non-hydrogen) atoms. The van der Waals surface area contributed by atoms with Gasteiger partial charge in [0.1, 0.15) is 6.29 Å². The van der Waals surface area contributed by atoms with Gasteiger partial charge in [-0.25, -0.2) is 0 Å². The molecule has 0 aromatic heterocycles. The van der Waals surface area contributed by atoms with E-state index < -0.39 is 0 Å². The first-order chi connectivity index (χ1) is 8.38. The third kappa shape index (κ3) is 4.17. The van der Waals surface area contributed by atoms with Crippen molar-refractivity contribution in [3.8, 4) is 0 Å². The van der Waals surface area contributed by atoms with Gasteiger partial charge in [-0.3, -0.25) is 4.79 Å². The summed E-state index contributed by atoms with van der Waals surface area (Å²) in [5.41, 5.74) is 0.758. The minimum absolute atomic E-state index is 0.497. The van der Waals surface area contributed by atoms with Crippen molar-refractivity contribution in [2.45, 2.75) is 36.7 Å². The Bertz CT molecular complexity index is 359. The Morgan fingerprint density at radius 2 is 2.41 bits per heavy atom. The van der Waals surface area contributed by atoms with Gasteiger partial charge in [-0.15, -0.1) is 11.8 Å². The molecule has 2 rings (SSSR count). The molecule has 0 bridgehead atoms. The molecule has 1 aliphatic heterocycles. The van der Waals surface area contributed by atoms with Crippen LogP contribution < -0.4 is 0 Å². The van der Waals surface area contributed by atoms with E-state index in [1.54, 1.807) is 0 Å². The Hall–Kier alpha value is -0.800. The fraction of sp³-hybridized carbons (Fsp3) is 0.500. The third-order valence-electron chi connectivity index (χ3n) is 2.96. The summed E-state index contributed by atoms with van der Waals surface area (Å²) in [5.74, 6) is 1.10. The highest BCUT2D eigenvalue weighted by atomic mass is 32.2. The van der Waals surface area contributed by atoms with Gasteiger partial charge in [0.15, 0.2) is 0 Å². The van der Waals surface area contributed by atoms with E-state index in [1.807, 2.05) is 30.0 Å². The van der Waals surface area contributed by atoms with E-state index in [0.717, 1.165) is 24.2 Å². The molecule has 2 nitrogen and oxygen atoms in total. The van der Waals surface area contributed by atoms with Crippen molar-refractivity contribution in [3.63, 3.8) is 0 Å². The molecule has 0 spiro atoms. The zero-order valence-electron chi connectivity index (χ0n) is 9.93. The maximum Gasteiger partial charge on any atom is 0.150 e. The number of carbonyl (C=O) groups excluding carboxylic acids is 1. The van der Waals surface area contributed by atoms with Gasteiger partial charge < -0.3 is 4.74 Å². The van der Waals surface area contributed by atoms with E-state index in [1.165, 1.54) is 30.6 Å². The Labute approximate surface area is 107 Å². The van der Waals surface area contributed by atoms with Crippen LogP contribution in [0.1, 0.15) is 36.0 Å². The third-order valence-corrected chi connectivity index (χ3v) is 4.04. The summed E-state index contributed by atoms with van der Waals surface area (Å²) in [4.78, 5) is 11.8. The van der Waals surface area contributed by atoms with Crippen molar-refractivity contribution in [2.24, 2.45) is 0 Å². The Balaban J connectivity index is 1.68. The molecule has 3 heteroatoms. The summed E-state index contributed by atoms with van der Waals surface area (Å²) in [5, 5.41) is 0. The second-order valence-corrected chi connectivity index (χ2v) is 5.48. The second-order valence-electron chi connectivity index (χ2n) is 4.32. The van der Waals surface area contributed by atoms with Gasteiger partial charge in [0.25, 0.3) is 0 Å². The molecular formula is C14H18O2S. The number of aldehydes is 1. The van der Waals surface area contributed by atoms with E-state index in [9.17, 15) is 4.79 Å². The lowest BCUT2D eigenvalue weighted by Crippen LogP contribution is -2.04. The lowest BCUT2D eigenvalue weighted by Gasteiger charge is -2.08. The Kier molecular flexibility index (Phi) is 5.08. The minimum Gasteiger partial charge on any atom is -0.378 e. The van der Waals surface area contributed by atoms with E-state index >= 15 is 0 Å². The van der Waals surface area contributed by atoms with Crippen LogP contribution in [-0.4, -0.2) is 24.7 Å². The maximum absolute atomic E-state index is 10.6. The normalized spacial score (nSPS) is 19.4. The summed E-state index contributed by atoms with van der Waals surface area (Å²) in [6.45, 7) is 0.944. The first-order valence-electron chi connectivity index (χ1n) is 6.18. The molecule has 0 saturated carbocycles. The fourth-order valence-corrected chi connectivity index (χ4v) is 2.99. The van der Waals surface area contributed by atoms with Crippen LogP contribution in [0, 0.1) is 0 Å². The quantitative estimate of drug-likeness (QED) is 0.439. The van der Waals surface area contributed by atoms with Crippen molar-refractivity contribution in [1.29, 1.82) is 0 Å². The van der Waals surface area contributed by atoms with Gasteiger partial charge in [0, 0.05) is 17.1 Å². The second kappa shape index (κ2) is 6.82. The predicted molar refractivity (Wildman–Crippen MR) is 70.8 cm³/mol. The molecule has 0 amide bonds. The summed E-state index contributed by atoms with van der Waals surface area (Å²) in [6, 6.07) is 7.78. The first-order valence-corrected chi connectivity index (χ1v) is 7.17. The molecule has 1 atom stereocenters.